The van der Waals surface area contributed by atoms with Crippen molar-refractivity contribution in [3.63, 3.8) is 0 Å². The highest BCUT2D eigenvalue weighted by Crippen LogP contribution is 2.55. The van der Waals surface area contributed by atoms with Gasteiger partial charge in [-0.1, -0.05) is 12.8 Å². The molecule has 5 heteroatoms. The van der Waals surface area contributed by atoms with Crippen LogP contribution in [0.1, 0.15) is 36.0 Å². The molecule has 20 heavy (non-hydrogen) atoms. The molecular formula is C15H16FNO3. The number of carboxylic acids is 1. The van der Waals surface area contributed by atoms with E-state index in [1.165, 1.54) is 25.0 Å². The molecular weight excluding hydrogens is 261 g/mol. The Bertz CT molecular complexity index is 560. The Balaban J connectivity index is 1.69. The van der Waals surface area contributed by atoms with Crippen molar-refractivity contribution in [3.05, 3.63) is 29.6 Å². The van der Waals surface area contributed by atoms with Crippen LogP contribution in [0, 0.1) is 23.6 Å². The maximum absolute atomic E-state index is 13.7. The summed E-state index contributed by atoms with van der Waals surface area (Å²) < 4.78 is 13.7. The standard InChI is InChI=1S/C15H16FNO3/c16-11-7-8(15(19)20)5-6-12(11)17-14(18)13-9-3-1-2-4-10(9)13/h5-7,9-10,13H,1-4H2,(H,17,18)(H,19,20). The third-order valence-corrected chi connectivity index (χ3v) is 4.43. The molecule has 3 rings (SSSR count). The van der Waals surface area contributed by atoms with Crippen molar-refractivity contribution in [2.45, 2.75) is 25.7 Å². The molecule has 2 fully saturated rings. The van der Waals surface area contributed by atoms with Crippen LogP contribution < -0.4 is 5.32 Å². The zero-order valence-electron chi connectivity index (χ0n) is 10.9. The molecule has 2 N–H and O–H groups in total. The van der Waals surface area contributed by atoms with Crippen molar-refractivity contribution in [2.75, 3.05) is 5.32 Å². The van der Waals surface area contributed by atoms with Crippen molar-refractivity contribution in [2.24, 2.45) is 17.8 Å². The molecule has 0 aromatic heterocycles. The van der Waals surface area contributed by atoms with Crippen LogP contribution >= 0.6 is 0 Å². The highest BCUT2D eigenvalue weighted by atomic mass is 19.1. The molecule has 2 aliphatic carbocycles. The van der Waals surface area contributed by atoms with E-state index in [9.17, 15) is 14.0 Å². The lowest BCUT2D eigenvalue weighted by Gasteiger charge is -2.06. The smallest absolute Gasteiger partial charge is 0.335 e. The Morgan fingerprint density at radius 3 is 2.40 bits per heavy atom. The van der Waals surface area contributed by atoms with Gasteiger partial charge in [0.2, 0.25) is 5.91 Å². The lowest BCUT2D eigenvalue weighted by Crippen LogP contribution is -2.16. The van der Waals surface area contributed by atoms with Gasteiger partial charge in [-0.3, -0.25) is 4.79 Å². The van der Waals surface area contributed by atoms with Gasteiger partial charge in [0.25, 0.3) is 0 Å². The average Bonchev–Trinajstić information content (AvgIpc) is 3.15. The van der Waals surface area contributed by atoms with Gasteiger partial charge in [0.1, 0.15) is 5.82 Å². The number of fused-ring (bicyclic) bond motifs is 1. The summed E-state index contributed by atoms with van der Waals surface area (Å²) in [4.78, 5) is 22.8. The highest BCUT2D eigenvalue weighted by Gasteiger charge is 2.54. The number of carboxylic acid groups (broad SMARTS) is 1. The SMILES string of the molecule is O=C(O)c1ccc(NC(=O)C2C3CCCCC32)c(F)c1. The van der Waals surface area contributed by atoms with Crippen molar-refractivity contribution < 1.29 is 19.1 Å². The second kappa shape index (κ2) is 4.89. The van der Waals surface area contributed by atoms with E-state index >= 15 is 0 Å². The third kappa shape index (κ3) is 2.28. The van der Waals surface area contributed by atoms with Crippen molar-refractivity contribution in [1.29, 1.82) is 0 Å². The van der Waals surface area contributed by atoms with Crippen LogP contribution in [-0.4, -0.2) is 17.0 Å². The van der Waals surface area contributed by atoms with E-state index in [1.54, 1.807) is 0 Å². The first kappa shape index (κ1) is 13.1. The van der Waals surface area contributed by atoms with Crippen molar-refractivity contribution in [3.8, 4) is 0 Å². The van der Waals surface area contributed by atoms with Gasteiger partial charge in [0.05, 0.1) is 11.3 Å². The van der Waals surface area contributed by atoms with Crippen molar-refractivity contribution in [1.82, 2.24) is 0 Å². The summed E-state index contributed by atoms with van der Waals surface area (Å²) in [5.41, 5.74) is -0.0655. The Kier molecular flexibility index (Phi) is 3.20. The monoisotopic (exact) mass is 277 g/mol. The third-order valence-electron chi connectivity index (χ3n) is 4.43. The van der Waals surface area contributed by atoms with E-state index in [0.29, 0.717) is 11.8 Å². The number of anilines is 1. The number of halogens is 1. The summed E-state index contributed by atoms with van der Waals surface area (Å²) in [6.07, 6.45) is 4.52. The first-order valence-electron chi connectivity index (χ1n) is 6.91. The van der Waals surface area contributed by atoms with Gasteiger partial charge in [-0.05, 0) is 42.9 Å². The molecule has 0 aliphatic heterocycles. The number of hydrogen-bond acceptors (Lipinski definition) is 2. The van der Waals surface area contributed by atoms with Crippen LogP contribution in [0.5, 0.6) is 0 Å². The van der Waals surface area contributed by atoms with E-state index in [0.717, 1.165) is 18.9 Å². The minimum Gasteiger partial charge on any atom is -0.478 e. The fourth-order valence-corrected chi connectivity index (χ4v) is 3.35. The number of nitrogens with one attached hydrogen (secondary N) is 1. The molecule has 0 saturated heterocycles. The minimum atomic E-state index is -1.19. The van der Waals surface area contributed by atoms with Gasteiger partial charge in [-0.2, -0.15) is 0 Å². The zero-order chi connectivity index (χ0) is 14.3. The largest absolute Gasteiger partial charge is 0.478 e. The Morgan fingerprint density at radius 2 is 1.85 bits per heavy atom. The molecule has 0 spiro atoms. The number of carbonyl (C=O) groups is 2. The van der Waals surface area contributed by atoms with E-state index in [2.05, 4.69) is 5.32 Å². The van der Waals surface area contributed by atoms with E-state index in [1.807, 2.05) is 0 Å². The predicted octanol–water partition coefficient (Wildman–Crippen LogP) is 2.90. The zero-order valence-corrected chi connectivity index (χ0v) is 10.9. The summed E-state index contributed by atoms with van der Waals surface area (Å²) in [6, 6.07) is 3.53. The topological polar surface area (TPSA) is 66.4 Å². The lowest BCUT2D eigenvalue weighted by molar-refractivity contribution is -0.117. The minimum absolute atomic E-state index is 0.0102. The molecule has 0 radical (unpaired) electrons. The molecule has 1 aromatic carbocycles. The van der Waals surface area contributed by atoms with Crippen LogP contribution in [0.4, 0.5) is 10.1 Å². The summed E-state index contributed by atoms with van der Waals surface area (Å²) in [7, 11) is 0. The molecule has 2 atom stereocenters. The second-order valence-electron chi connectivity index (χ2n) is 5.63. The van der Waals surface area contributed by atoms with Crippen molar-refractivity contribution >= 4 is 17.6 Å². The summed E-state index contributed by atoms with van der Waals surface area (Å²) in [6.45, 7) is 0. The maximum Gasteiger partial charge on any atom is 0.335 e. The normalized spacial score (nSPS) is 27.6. The molecule has 1 aromatic rings. The molecule has 106 valence electrons. The van der Waals surface area contributed by atoms with E-state index in [-0.39, 0.29) is 23.1 Å². The number of amides is 1. The van der Waals surface area contributed by atoms with Crippen LogP contribution in [0.2, 0.25) is 0 Å². The van der Waals surface area contributed by atoms with E-state index in [4.69, 9.17) is 5.11 Å². The first-order chi connectivity index (χ1) is 9.58. The number of rotatable bonds is 3. The van der Waals surface area contributed by atoms with E-state index < -0.39 is 11.8 Å². The van der Waals surface area contributed by atoms with Crippen LogP contribution in [0.3, 0.4) is 0 Å². The van der Waals surface area contributed by atoms with Crippen LogP contribution in [0.15, 0.2) is 18.2 Å². The van der Waals surface area contributed by atoms with Gasteiger partial charge in [0.15, 0.2) is 0 Å². The molecule has 0 bridgehead atoms. The maximum atomic E-state index is 13.7. The quantitative estimate of drug-likeness (QED) is 0.892. The number of aromatic carboxylic acids is 1. The number of hydrogen-bond donors (Lipinski definition) is 2. The summed E-state index contributed by atoms with van der Waals surface area (Å²) in [5.74, 6) is -1.09. The first-order valence-corrected chi connectivity index (χ1v) is 6.91. The summed E-state index contributed by atoms with van der Waals surface area (Å²) >= 11 is 0. The molecule has 2 saturated carbocycles. The van der Waals surface area contributed by atoms with Gasteiger partial charge in [0, 0.05) is 5.92 Å². The fraction of sp³-hybridized carbons (Fsp3) is 0.467. The Morgan fingerprint density at radius 1 is 1.20 bits per heavy atom. The second-order valence-corrected chi connectivity index (χ2v) is 5.63. The van der Waals surface area contributed by atoms with Gasteiger partial charge >= 0.3 is 5.97 Å². The Labute approximate surface area is 116 Å². The van der Waals surface area contributed by atoms with Crippen LogP contribution in [-0.2, 0) is 4.79 Å². The number of carbonyl (C=O) groups excluding carboxylic acids is 1. The fourth-order valence-electron chi connectivity index (χ4n) is 3.35. The highest BCUT2D eigenvalue weighted by molar-refractivity contribution is 5.95. The average molecular weight is 277 g/mol. The molecule has 0 heterocycles. The van der Waals surface area contributed by atoms with Gasteiger partial charge in [-0.15, -0.1) is 0 Å². The summed E-state index contributed by atoms with van der Waals surface area (Å²) in [5, 5.41) is 11.4. The molecule has 2 unspecified atom stereocenters. The van der Waals surface area contributed by atoms with Gasteiger partial charge < -0.3 is 10.4 Å². The molecule has 4 nitrogen and oxygen atoms in total. The van der Waals surface area contributed by atoms with Gasteiger partial charge in [-0.25, -0.2) is 9.18 Å². The van der Waals surface area contributed by atoms with Crippen LogP contribution in [0.25, 0.3) is 0 Å². The Hall–Kier alpha value is -1.91. The number of benzene rings is 1. The predicted molar refractivity (Wildman–Crippen MR) is 70.9 cm³/mol. The molecule has 1 amide bonds. The molecule has 2 aliphatic rings. The lowest BCUT2D eigenvalue weighted by atomic mass is 10.0.